The van der Waals surface area contributed by atoms with Crippen LogP contribution in [0.3, 0.4) is 0 Å². The summed E-state index contributed by atoms with van der Waals surface area (Å²) in [5, 5.41) is 0. The normalized spacial score (nSPS) is 39.3. The van der Waals surface area contributed by atoms with Crippen molar-refractivity contribution in [3.05, 3.63) is 24.3 Å². The van der Waals surface area contributed by atoms with E-state index in [9.17, 15) is 0 Å². The zero-order valence-corrected chi connectivity index (χ0v) is 18.2. The van der Waals surface area contributed by atoms with Crippen molar-refractivity contribution in [3.63, 3.8) is 0 Å². The van der Waals surface area contributed by atoms with Crippen LogP contribution in [0.25, 0.3) is 0 Å². The van der Waals surface area contributed by atoms with Crippen LogP contribution >= 0.6 is 0 Å². The highest BCUT2D eigenvalue weighted by Gasteiger charge is 2.60. The minimum absolute atomic E-state index is 0.727. The zero-order valence-electron chi connectivity index (χ0n) is 18.2. The predicted molar refractivity (Wildman–Crippen MR) is 118 cm³/mol. The third kappa shape index (κ3) is 4.40. The van der Waals surface area contributed by atoms with Crippen molar-refractivity contribution >= 4 is 0 Å². The monoisotopic (exact) mass is 368 g/mol. The van der Waals surface area contributed by atoms with Crippen molar-refractivity contribution in [2.75, 3.05) is 0 Å². The van der Waals surface area contributed by atoms with Gasteiger partial charge in [-0.15, -0.1) is 0 Å². The lowest BCUT2D eigenvalue weighted by Crippen LogP contribution is -2.19. The third-order valence-corrected chi connectivity index (χ3v) is 9.51. The summed E-state index contributed by atoms with van der Waals surface area (Å²) in [5.74, 6) is 5.70. The number of hydrogen-bond acceptors (Lipinski definition) is 0. The van der Waals surface area contributed by atoms with Crippen LogP contribution < -0.4 is 0 Å². The molecule has 4 aliphatic carbocycles. The Bertz CT molecular complexity index is 510. The standard InChI is InChI=1S/C27H44/c1-21(23-12-7-5-8-13-23)17-19-27-18-11-4-3-6-16-25(20-26(27)22(27)2)24-14-9-10-15-24/h9-10,14-15,21-26H,3-8,11-13,16-20H2,1-2H3/t21?,22-,25?,26+,27?/m1/s1. The first-order valence-corrected chi connectivity index (χ1v) is 12.6. The van der Waals surface area contributed by atoms with Crippen LogP contribution in [0.5, 0.6) is 0 Å². The minimum atomic E-state index is 0.727. The van der Waals surface area contributed by atoms with E-state index in [2.05, 4.69) is 38.2 Å². The van der Waals surface area contributed by atoms with Gasteiger partial charge in [-0.05, 0) is 73.0 Å². The van der Waals surface area contributed by atoms with Gasteiger partial charge in [0.15, 0.2) is 0 Å². The van der Waals surface area contributed by atoms with Crippen LogP contribution in [0.1, 0.15) is 104 Å². The Morgan fingerprint density at radius 3 is 2.33 bits per heavy atom. The fraction of sp³-hybridized carbons (Fsp3) is 0.852. The fourth-order valence-electron chi connectivity index (χ4n) is 7.40. The molecule has 4 aliphatic rings. The molecule has 0 radical (unpaired) electrons. The van der Waals surface area contributed by atoms with Crippen LogP contribution in [0.4, 0.5) is 0 Å². The summed E-state index contributed by atoms with van der Waals surface area (Å²) in [6.07, 6.45) is 30.6. The highest BCUT2D eigenvalue weighted by atomic mass is 14.6. The summed E-state index contributed by atoms with van der Waals surface area (Å²) in [7, 11) is 0. The molecular weight excluding hydrogens is 324 g/mol. The van der Waals surface area contributed by atoms with Crippen LogP contribution in [0.2, 0.25) is 0 Å². The van der Waals surface area contributed by atoms with E-state index >= 15 is 0 Å². The van der Waals surface area contributed by atoms with Crippen molar-refractivity contribution in [2.24, 2.45) is 40.9 Å². The van der Waals surface area contributed by atoms with Crippen LogP contribution in [-0.4, -0.2) is 0 Å². The maximum absolute atomic E-state index is 2.62. The smallest absolute Gasteiger partial charge is 0.00188 e. The van der Waals surface area contributed by atoms with E-state index in [4.69, 9.17) is 0 Å². The van der Waals surface area contributed by atoms with Gasteiger partial charge in [-0.3, -0.25) is 0 Å². The topological polar surface area (TPSA) is 0 Å². The molecule has 0 nitrogen and oxygen atoms in total. The van der Waals surface area contributed by atoms with E-state index in [1.165, 1.54) is 77.0 Å². The maximum Gasteiger partial charge on any atom is -0.00188 e. The lowest BCUT2D eigenvalue weighted by Gasteiger charge is -2.30. The SMILES string of the molecule is CC(CCC12CCCCCCC(C3C=CC=C3)C[C@H]1[C@H]2C)C1CCCCC1. The molecule has 27 heavy (non-hydrogen) atoms. The lowest BCUT2D eigenvalue weighted by molar-refractivity contribution is 0.216. The molecule has 5 atom stereocenters. The van der Waals surface area contributed by atoms with Crippen LogP contribution in [-0.2, 0) is 0 Å². The molecule has 0 N–H and O–H groups in total. The van der Waals surface area contributed by atoms with Gasteiger partial charge in [-0.25, -0.2) is 0 Å². The summed E-state index contributed by atoms with van der Waals surface area (Å²) in [6, 6.07) is 0. The van der Waals surface area contributed by atoms with Gasteiger partial charge >= 0.3 is 0 Å². The molecule has 0 heterocycles. The van der Waals surface area contributed by atoms with Gasteiger partial charge in [0.2, 0.25) is 0 Å². The largest absolute Gasteiger partial charge is 0.0773 e. The van der Waals surface area contributed by atoms with Crippen molar-refractivity contribution in [2.45, 2.75) is 104 Å². The van der Waals surface area contributed by atoms with E-state index in [-0.39, 0.29) is 0 Å². The Morgan fingerprint density at radius 1 is 0.889 bits per heavy atom. The highest BCUT2D eigenvalue weighted by Crippen LogP contribution is 2.67. The van der Waals surface area contributed by atoms with Gasteiger partial charge in [0.1, 0.15) is 0 Å². The molecule has 0 aromatic heterocycles. The minimum Gasteiger partial charge on any atom is -0.0773 e. The molecule has 3 unspecified atom stereocenters. The fourth-order valence-corrected chi connectivity index (χ4v) is 7.40. The molecule has 4 rings (SSSR count). The Labute approximate surface area is 169 Å². The maximum atomic E-state index is 2.62. The molecule has 0 saturated heterocycles. The summed E-state index contributed by atoms with van der Waals surface area (Å²) in [5.41, 5.74) is 0.727. The predicted octanol–water partition coefficient (Wildman–Crippen LogP) is 8.34. The van der Waals surface area contributed by atoms with Crippen molar-refractivity contribution < 1.29 is 0 Å². The Balaban J connectivity index is 1.38. The highest BCUT2D eigenvalue weighted by molar-refractivity contribution is 5.19. The number of hydrogen-bond donors (Lipinski definition) is 0. The zero-order chi connectivity index (χ0) is 18.7. The molecule has 0 aromatic carbocycles. The van der Waals surface area contributed by atoms with E-state index < -0.39 is 0 Å². The molecule has 0 spiro atoms. The van der Waals surface area contributed by atoms with Gasteiger partial charge < -0.3 is 0 Å². The first-order valence-electron chi connectivity index (χ1n) is 12.6. The molecule has 152 valence electrons. The molecule has 0 heteroatoms. The van der Waals surface area contributed by atoms with E-state index in [0.717, 1.165) is 40.9 Å². The van der Waals surface area contributed by atoms with Crippen molar-refractivity contribution in [3.8, 4) is 0 Å². The summed E-state index contributed by atoms with van der Waals surface area (Å²) in [4.78, 5) is 0. The Morgan fingerprint density at radius 2 is 1.56 bits per heavy atom. The second-order valence-corrected chi connectivity index (χ2v) is 10.8. The molecule has 0 bridgehead atoms. The van der Waals surface area contributed by atoms with Gasteiger partial charge in [0, 0.05) is 0 Å². The van der Waals surface area contributed by atoms with E-state index in [1.807, 2.05) is 0 Å². The Hall–Kier alpha value is -0.520. The first kappa shape index (κ1) is 19.8. The van der Waals surface area contributed by atoms with Gasteiger partial charge in [0.25, 0.3) is 0 Å². The van der Waals surface area contributed by atoms with Gasteiger partial charge in [0.05, 0.1) is 0 Å². The number of rotatable bonds is 5. The lowest BCUT2D eigenvalue weighted by atomic mass is 9.75. The third-order valence-electron chi connectivity index (χ3n) is 9.51. The number of allylic oxidation sites excluding steroid dienone is 4. The Kier molecular flexibility index (Phi) is 6.50. The average Bonchev–Trinajstić information content (AvgIpc) is 3.06. The summed E-state index contributed by atoms with van der Waals surface area (Å²) in [6.45, 7) is 5.21. The molecule has 3 fully saturated rings. The van der Waals surface area contributed by atoms with Gasteiger partial charge in [-0.1, -0.05) is 95.9 Å². The van der Waals surface area contributed by atoms with E-state index in [1.54, 1.807) is 12.8 Å². The van der Waals surface area contributed by atoms with Gasteiger partial charge in [-0.2, -0.15) is 0 Å². The second kappa shape index (κ2) is 8.87. The first-order chi connectivity index (χ1) is 13.2. The summed E-state index contributed by atoms with van der Waals surface area (Å²) >= 11 is 0. The molecule has 0 amide bonds. The van der Waals surface area contributed by atoms with Crippen molar-refractivity contribution in [1.29, 1.82) is 0 Å². The molecule has 0 aliphatic heterocycles. The van der Waals surface area contributed by atoms with Crippen molar-refractivity contribution in [1.82, 2.24) is 0 Å². The molecular formula is C27H44. The van der Waals surface area contributed by atoms with Crippen LogP contribution in [0.15, 0.2) is 24.3 Å². The summed E-state index contributed by atoms with van der Waals surface area (Å²) < 4.78 is 0. The molecule has 3 saturated carbocycles. The molecule has 0 aromatic rings. The number of fused-ring (bicyclic) bond motifs is 1. The van der Waals surface area contributed by atoms with Crippen LogP contribution in [0, 0.1) is 40.9 Å². The van der Waals surface area contributed by atoms with E-state index in [0.29, 0.717) is 0 Å². The average molecular weight is 369 g/mol. The second-order valence-electron chi connectivity index (χ2n) is 10.8. The quantitative estimate of drug-likeness (QED) is 0.457.